The predicted molar refractivity (Wildman–Crippen MR) is 105 cm³/mol. The first-order chi connectivity index (χ1) is 12.8. The van der Waals surface area contributed by atoms with E-state index in [2.05, 4.69) is 5.43 Å². The summed E-state index contributed by atoms with van der Waals surface area (Å²) in [6.07, 6.45) is 0. The highest BCUT2D eigenvalue weighted by Gasteiger charge is 2.19. The summed E-state index contributed by atoms with van der Waals surface area (Å²) in [5, 5.41) is 1.93. The zero-order valence-corrected chi connectivity index (χ0v) is 15.1. The van der Waals surface area contributed by atoms with Gasteiger partial charge in [0.25, 0.3) is 0 Å². The molecule has 0 aliphatic carbocycles. The molecule has 0 aliphatic rings. The first-order valence-corrected chi connectivity index (χ1v) is 8.24. The van der Waals surface area contributed by atoms with E-state index >= 15 is 0 Å². The van der Waals surface area contributed by atoms with E-state index < -0.39 is 0 Å². The van der Waals surface area contributed by atoms with Crippen molar-refractivity contribution in [3.05, 3.63) is 72.8 Å². The molecule has 3 aromatic rings. The van der Waals surface area contributed by atoms with E-state index in [0.29, 0.717) is 0 Å². The molecule has 3 rings (SSSR count). The molecule has 3 aromatic carbocycles. The van der Waals surface area contributed by atoms with Crippen molar-refractivity contribution in [2.24, 2.45) is 0 Å². The van der Waals surface area contributed by atoms with Crippen LogP contribution in [0.15, 0.2) is 72.8 Å². The number of para-hydroxylation sites is 6. The quantitative estimate of drug-likeness (QED) is 0.615. The summed E-state index contributed by atoms with van der Waals surface area (Å²) in [6.45, 7) is 0. The number of benzene rings is 3. The second kappa shape index (κ2) is 8.16. The highest BCUT2D eigenvalue weighted by molar-refractivity contribution is 5.77. The van der Waals surface area contributed by atoms with Gasteiger partial charge in [-0.2, -0.15) is 0 Å². The molecule has 134 valence electrons. The Balaban J connectivity index is 2.13. The summed E-state index contributed by atoms with van der Waals surface area (Å²) in [5.41, 5.74) is 5.96. The average molecular weight is 350 g/mol. The minimum absolute atomic E-state index is 0.737. The Morgan fingerprint density at radius 2 is 1.00 bits per heavy atom. The molecule has 0 atom stereocenters. The Labute approximate surface area is 153 Å². The Morgan fingerprint density at radius 3 is 1.50 bits per heavy atom. The molecule has 0 fully saturated rings. The molecular weight excluding hydrogens is 328 g/mol. The van der Waals surface area contributed by atoms with Crippen LogP contribution in [-0.4, -0.2) is 21.3 Å². The SMILES string of the molecule is COc1ccccc1NN(c1ccccc1OC)c1ccccc1OC. The number of anilines is 3. The summed E-state index contributed by atoms with van der Waals surface area (Å²) >= 11 is 0. The zero-order valence-electron chi connectivity index (χ0n) is 15.1. The van der Waals surface area contributed by atoms with Gasteiger partial charge < -0.3 is 14.2 Å². The third kappa shape index (κ3) is 3.52. The van der Waals surface area contributed by atoms with Gasteiger partial charge in [0.1, 0.15) is 28.6 Å². The summed E-state index contributed by atoms with van der Waals surface area (Å²) in [5.74, 6) is 2.21. The molecule has 0 unspecified atom stereocenters. The standard InChI is InChI=1S/C21H22N2O3/c1-24-19-13-7-4-10-16(19)22-23(17-11-5-8-14-20(17)25-2)18-12-6-9-15-21(18)26-3/h4-15,22H,1-3H3. The van der Waals surface area contributed by atoms with Crippen LogP contribution in [0.2, 0.25) is 0 Å². The van der Waals surface area contributed by atoms with Crippen LogP contribution in [0.3, 0.4) is 0 Å². The topological polar surface area (TPSA) is 43.0 Å². The van der Waals surface area contributed by atoms with Crippen LogP contribution in [0.1, 0.15) is 0 Å². The molecule has 0 aliphatic heterocycles. The van der Waals surface area contributed by atoms with Crippen molar-refractivity contribution in [1.29, 1.82) is 0 Å². The second-order valence-corrected chi connectivity index (χ2v) is 5.49. The predicted octanol–water partition coefficient (Wildman–Crippen LogP) is 4.88. The van der Waals surface area contributed by atoms with Crippen LogP contribution < -0.4 is 24.6 Å². The van der Waals surface area contributed by atoms with Gasteiger partial charge in [0, 0.05) is 0 Å². The van der Waals surface area contributed by atoms with Gasteiger partial charge in [0.2, 0.25) is 0 Å². The maximum absolute atomic E-state index is 5.56. The van der Waals surface area contributed by atoms with E-state index in [1.807, 2.05) is 77.8 Å². The Morgan fingerprint density at radius 1 is 0.577 bits per heavy atom. The fourth-order valence-electron chi connectivity index (χ4n) is 2.74. The van der Waals surface area contributed by atoms with Gasteiger partial charge in [-0.25, -0.2) is 5.01 Å². The number of ether oxygens (including phenoxy) is 3. The van der Waals surface area contributed by atoms with Crippen molar-refractivity contribution in [2.45, 2.75) is 0 Å². The molecule has 26 heavy (non-hydrogen) atoms. The molecule has 0 saturated carbocycles. The highest BCUT2D eigenvalue weighted by atomic mass is 16.5. The monoisotopic (exact) mass is 350 g/mol. The molecule has 5 nitrogen and oxygen atoms in total. The van der Waals surface area contributed by atoms with Crippen LogP contribution in [-0.2, 0) is 0 Å². The molecule has 0 radical (unpaired) electrons. The minimum atomic E-state index is 0.737. The fourth-order valence-corrected chi connectivity index (χ4v) is 2.74. The number of nitrogens with one attached hydrogen (secondary N) is 1. The third-order valence-electron chi connectivity index (χ3n) is 3.99. The van der Waals surface area contributed by atoms with Crippen LogP contribution in [0.25, 0.3) is 0 Å². The van der Waals surface area contributed by atoms with E-state index in [1.165, 1.54) is 0 Å². The van der Waals surface area contributed by atoms with Gasteiger partial charge in [-0.05, 0) is 36.4 Å². The van der Waals surface area contributed by atoms with E-state index in [1.54, 1.807) is 21.3 Å². The Bertz CT molecular complexity index is 820. The van der Waals surface area contributed by atoms with E-state index in [9.17, 15) is 0 Å². The van der Waals surface area contributed by atoms with Crippen molar-refractivity contribution < 1.29 is 14.2 Å². The van der Waals surface area contributed by atoms with Crippen LogP contribution in [0, 0.1) is 0 Å². The molecule has 0 bridgehead atoms. The Kier molecular flexibility index (Phi) is 5.49. The third-order valence-corrected chi connectivity index (χ3v) is 3.99. The molecule has 1 N–H and O–H groups in total. The normalized spacial score (nSPS) is 10.1. The molecule has 5 heteroatoms. The largest absolute Gasteiger partial charge is 0.495 e. The molecule has 0 aromatic heterocycles. The Hall–Kier alpha value is -3.34. The summed E-state index contributed by atoms with van der Waals surface area (Å²) in [6, 6.07) is 23.3. The van der Waals surface area contributed by atoms with Gasteiger partial charge in [-0.1, -0.05) is 36.4 Å². The van der Waals surface area contributed by atoms with Crippen LogP contribution in [0.5, 0.6) is 17.2 Å². The number of methoxy groups -OCH3 is 3. The lowest BCUT2D eigenvalue weighted by atomic mass is 10.2. The zero-order chi connectivity index (χ0) is 18.4. The molecule has 0 saturated heterocycles. The van der Waals surface area contributed by atoms with Gasteiger partial charge in [0.15, 0.2) is 0 Å². The van der Waals surface area contributed by atoms with Gasteiger partial charge in [-0.3, -0.25) is 5.43 Å². The summed E-state index contributed by atoms with van der Waals surface area (Å²) in [7, 11) is 4.96. The van der Waals surface area contributed by atoms with Gasteiger partial charge in [-0.15, -0.1) is 0 Å². The number of hydrogen-bond acceptors (Lipinski definition) is 5. The van der Waals surface area contributed by atoms with Crippen molar-refractivity contribution in [3.8, 4) is 17.2 Å². The van der Waals surface area contributed by atoms with E-state index in [0.717, 1.165) is 34.3 Å². The average Bonchev–Trinajstić information content (AvgIpc) is 2.72. The number of hydrazine groups is 1. The van der Waals surface area contributed by atoms with Crippen LogP contribution >= 0.6 is 0 Å². The van der Waals surface area contributed by atoms with Gasteiger partial charge >= 0.3 is 0 Å². The van der Waals surface area contributed by atoms with Crippen molar-refractivity contribution in [1.82, 2.24) is 0 Å². The summed E-state index contributed by atoms with van der Waals surface area (Å²) in [4.78, 5) is 0. The fraction of sp³-hybridized carbons (Fsp3) is 0.143. The van der Waals surface area contributed by atoms with Crippen molar-refractivity contribution in [3.63, 3.8) is 0 Å². The maximum Gasteiger partial charge on any atom is 0.144 e. The van der Waals surface area contributed by atoms with Gasteiger partial charge in [0.05, 0.1) is 27.0 Å². The lowest BCUT2D eigenvalue weighted by Gasteiger charge is -2.29. The molecular formula is C21H22N2O3. The molecule has 0 spiro atoms. The number of hydrogen-bond donors (Lipinski definition) is 1. The minimum Gasteiger partial charge on any atom is -0.495 e. The first kappa shape index (κ1) is 17.5. The van der Waals surface area contributed by atoms with E-state index in [4.69, 9.17) is 14.2 Å². The summed E-state index contributed by atoms with van der Waals surface area (Å²) < 4.78 is 16.6. The lowest BCUT2D eigenvalue weighted by molar-refractivity contribution is 0.411. The lowest BCUT2D eigenvalue weighted by Crippen LogP contribution is -2.25. The second-order valence-electron chi connectivity index (χ2n) is 5.49. The maximum atomic E-state index is 5.56. The van der Waals surface area contributed by atoms with Crippen LogP contribution in [0.4, 0.5) is 17.1 Å². The van der Waals surface area contributed by atoms with Crippen molar-refractivity contribution >= 4 is 17.1 Å². The van der Waals surface area contributed by atoms with E-state index in [-0.39, 0.29) is 0 Å². The number of rotatable bonds is 7. The highest BCUT2D eigenvalue weighted by Crippen LogP contribution is 2.39. The van der Waals surface area contributed by atoms with Crippen molar-refractivity contribution in [2.75, 3.05) is 31.8 Å². The smallest absolute Gasteiger partial charge is 0.144 e. The number of nitrogens with zero attached hydrogens (tertiary/aromatic N) is 1. The molecule has 0 heterocycles. The first-order valence-electron chi connectivity index (χ1n) is 8.24. The molecule has 0 amide bonds.